The van der Waals surface area contributed by atoms with Gasteiger partial charge in [-0.05, 0) is 49.4 Å². The van der Waals surface area contributed by atoms with Gasteiger partial charge >= 0.3 is 0 Å². The van der Waals surface area contributed by atoms with Gasteiger partial charge in [-0.25, -0.2) is 0 Å². The average molecular weight is 324 g/mol. The van der Waals surface area contributed by atoms with Crippen LogP contribution in [0.25, 0.3) is 0 Å². The maximum Gasteiger partial charge on any atom is 0.222 e. The lowest BCUT2D eigenvalue weighted by Crippen LogP contribution is -2.42. The summed E-state index contributed by atoms with van der Waals surface area (Å²) in [5, 5.41) is 11.3. The van der Waals surface area contributed by atoms with Crippen molar-refractivity contribution in [3.8, 4) is 0 Å². The topological polar surface area (TPSA) is 58.1 Å². The van der Waals surface area contributed by atoms with E-state index in [0.29, 0.717) is 12.5 Å². The zero-order chi connectivity index (χ0) is 16.8. The Balaban J connectivity index is 1.44. The largest absolute Gasteiger partial charge is 0.366 e. The van der Waals surface area contributed by atoms with Crippen LogP contribution in [0.2, 0.25) is 0 Å². The van der Waals surface area contributed by atoms with E-state index in [2.05, 4.69) is 34.6 Å². The lowest BCUT2D eigenvalue weighted by Gasteiger charge is -2.32. The Morgan fingerprint density at radius 2 is 2.00 bits per heavy atom. The highest BCUT2D eigenvalue weighted by atomic mass is 16.2. The molecule has 0 unspecified atom stereocenters. The van der Waals surface area contributed by atoms with E-state index in [4.69, 9.17) is 0 Å². The van der Waals surface area contributed by atoms with E-state index < -0.39 is 0 Å². The molecule has 0 radical (unpaired) electrons. The van der Waals surface area contributed by atoms with E-state index in [1.54, 1.807) is 6.20 Å². The highest BCUT2D eigenvalue weighted by Gasteiger charge is 2.22. The summed E-state index contributed by atoms with van der Waals surface area (Å²) in [5.74, 6) is 1.07. The second-order valence-corrected chi connectivity index (χ2v) is 6.33. The number of carbonyl (C=O) groups excluding carboxylic acids is 1. The van der Waals surface area contributed by atoms with Gasteiger partial charge in [-0.3, -0.25) is 4.79 Å². The van der Waals surface area contributed by atoms with Crippen molar-refractivity contribution >= 4 is 11.7 Å². The Hall–Kier alpha value is -2.43. The fraction of sp³-hybridized carbons (Fsp3) is 0.421. The summed E-state index contributed by atoms with van der Waals surface area (Å²) in [6.45, 7) is 3.72. The standard InChI is InChI=1S/C19H24N4O/c1-15-5-2-3-6-16(15)8-9-19(24)23-13-10-17(11-14-23)21-18-7-4-12-20-22-18/h2-7,12,17H,8-11,13-14H2,1H3,(H,21,22). The zero-order valence-electron chi connectivity index (χ0n) is 14.1. The minimum Gasteiger partial charge on any atom is -0.366 e. The molecule has 0 bridgehead atoms. The van der Waals surface area contributed by atoms with Crippen LogP contribution < -0.4 is 5.32 Å². The molecule has 126 valence electrons. The summed E-state index contributed by atoms with van der Waals surface area (Å²) in [4.78, 5) is 14.4. The fourth-order valence-electron chi connectivity index (χ4n) is 3.15. The predicted molar refractivity (Wildman–Crippen MR) is 94.8 cm³/mol. The van der Waals surface area contributed by atoms with Gasteiger partial charge in [-0.2, -0.15) is 5.10 Å². The summed E-state index contributed by atoms with van der Waals surface area (Å²) in [7, 11) is 0. The van der Waals surface area contributed by atoms with Gasteiger partial charge in [-0.15, -0.1) is 5.10 Å². The van der Waals surface area contributed by atoms with Gasteiger partial charge in [0.25, 0.3) is 0 Å². The van der Waals surface area contributed by atoms with Crippen molar-refractivity contribution in [2.45, 2.75) is 38.6 Å². The van der Waals surface area contributed by atoms with Gasteiger partial charge < -0.3 is 10.2 Å². The average Bonchev–Trinajstić information content (AvgIpc) is 2.62. The summed E-state index contributed by atoms with van der Waals surface area (Å²) >= 11 is 0. The molecule has 0 saturated carbocycles. The molecule has 1 amide bonds. The number of likely N-dealkylation sites (tertiary alicyclic amines) is 1. The number of piperidine rings is 1. The summed E-state index contributed by atoms with van der Waals surface area (Å²) in [5.41, 5.74) is 2.53. The molecule has 24 heavy (non-hydrogen) atoms. The Kier molecular flexibility index (Phi) is 5.41. The fourth-order valence-corrected chi connectivity index (χ4v) is 3.15. The maximum absolute atomic E-state index is 12.4. The highest BCUT2D eigenvalue weighted by molar-refractivity contribution is 5.76. The van der Waals surface area contributed by atoms with Crippen molar-refractivity contribution in [2.75, 3.05) is 18.4 Å². The number of nitrogens with zero attached hydrogens (tertiary/aromatic N) is 3. The number of benzene rings is 1. The molecule has 1 aromatic carbocycles. The molecule has 3 rings (SSSR count). The third-order valence-corrected chi connectivity index (χ3v) is 4.64. The number of aryl methyl sites for hydroxylation is 2. The van der Waals surface area contributed by atoms with Crippen LogP contribution in [0.4, 0.5) is 5.82 Å². The number of anilines is 1. The number of carbonyl (C=O) groups is 1. The third-order valence-electron chi connectivity index (χ3n) is 4.64. The van der Waals surface area contributed by atoms with Gasteiger partial charge in [0.2, 0.25) is 5.91 Å². The quantitative estimate of drug-likeness (QED) is 0.919. The van der Waals surface area contributed by atoms with Crippen LogP contribution in [0.5, 0.6) is 0 Å². The van der Waals surface area contributed by atoms with Gasteiger partial charge in [0, 0.05) is 31.7 Å². The number of nitrogens with one attached hydrogen (secondary N) is 1. The Bertz CT molecular complexity index is 666. The van der Waals surface area contributed by atoms with Crippen LogP contribution in [-0.2, 0) is 11.2 Å². The third kappa shape index (κ3) is 4.31. The number of amides is 1. The molecule has 2 aromatic rings. The molecule has 1 aliphatic rings. The van der Waals surface area contributed by atoms with E-state index in [9.17, 15) is 4.79 Å². The van der Waals surface area contributed by atoms with E-state index >= 15 is 0 Å². The molecule has 1 N–H and O–H groups in total. The van der Waals surface area contributed by atoms with Crippen LogP contribution in [0.15, 0.2) is 42.6 Å². The lowest BCUT2D eigenvalue weighted by atomic mass is 10.0. The Morgan fingerprint density at radius 3 is 2.71 bits per heavy atom. The summed E-state index contributed by atoms with van der Waals surface area (Å²) in [6.07, 6.45) is 4.98. The first-order valence-electron chi connectivity index (χ1n) is 8.59. The molecule has 5 nitrogen and oxygen atoms in total. The second-order valence-electron chi connectivity index (χ2n) is 6.33. The number of hydrogen-bond donors (Lipinski definition) is 1. The maximum atomic E-state index is 12.4. The monoisotopic (exact) mass is 324 g/mol. The van der Waals surface area contributed by atoms with Crippen molar-refractivity contribution in [3.05, 3.63) is 53.7 Å². The second kappa shape index (κ2) is 7.90. The van der Waals surface area contributed by atoms with Crippen molar-refractivity contribution in [1.29, 1.82) is 0 Å². The van der Waals surface area contributed by atoms with Crippen molar-refractivity contribution in [3.63, 3.8) is 0 Å². The van der Waals surface area contributed by atoms with E-state index in [1.165, 1.54) is 11.1 Å². The number of aromatic nitrogens is 2. The molecule has 5 heteroatoms. The minimum absolute atomic E-state index is 0.260. The van der Waals surface area contributed by atoms with Gasteiger partial charge in [0.05, 0.1) is 0 Å². The smallest absolute Gasteiger partial charge is 0.222 e. The minimum atomic E-state index is 0.260. The molecule has 1 aliphatic heterocycles. The molecular formula is C19H24N4O. The molecule has 2 heterocycles. The molecule has 0 aliphatic carbocycles. The zero-order valence-corrected chi connectivity index (χ0v) is 14.1. The highest BCUT2D eigenvalue weighted by Crippen LogP contribution is 2.17. The van der Waals surface area contributed by atoms with Gasteiger partial charge in [0.15, 0.2) is 0 Å². The molecular weight excluding hydrogens is 300 g/mol. The van der Waals surface area contributed by atoms with E-state index in [-0.39, 0.29) is 5.91 Å². The van der Waals surface area contributed by atoms with Crippen molar-refractivity contribution in [1.82, 2.24) is 15.1 Å². The Morgan fingerprint density at radius 1 is 1.21 bits per heavy atom. The van der Waals surface area contributed by atoms with Gasteiger partial charge in [-0.1, -0.05) is 24.3 Å². The number of rotatable bonds is 5. The van der Waals surface area contributed by atoms with Crippen molar-refractivity contribution < 1.29 is 4.79 Å². The SMILES string of the molecule is Cc1ccccc1CCC(=O)N1CCC(Nc2cccnn2)CC1. The number of hydrogen-bond acceptors (Lipinski definition) is 4. The van der Waals surface area contributed by atoms with E-state index in [0.717, 1.165) is 38.2 Å². The first kappa shape index (κ1) is 16.4. The molecule has 0 atom stereocenters. The van der Waals surface area contributed by atoms with Crippen LogP contribution in [-0.4, -0.2) is 40.1 Å². The van der Waals surface area contributed by atoms with E-state index in [1.807, 2.05) is 29.2 Å². The molecule has 0 spiro atoms. The van der Waals surface area contributed by atoms with Crippen LogP contribution in [0.1, 0.15) is 30.4 Å². The summed E-state index contributed by atoms with van der Waals surface area (Å²) in [6, 6.07) is 12.4. The summed E-state index contributed by atoms with van der Waals surface area (Å²) < 4.78 is 0. The lowest BCUT2D eigenvalue weighted by molar-refractivity contribution is -0.132. The first-order valence-corrected chi connectivity index (χ1v) is 8.59. The predicted octanol–water partition coefficient (Wildman–Crippen LogP) is 2.82. The Labute approximate surface area is 143 Å². The normalized spacial score (nSPS) is 15.3. The molecule has 1 aromatic heterocycles. The van der Waals surface area contributed by atoms with Crippen LogP contribution in [0, 0.1) is 6.92 Å². The van der Waals surface area contributed by atoms with Crippen molar-refractivity contribution in [2.24, 2.45) is 0 Å². The van der Waals surface area contributed by atoms with Crippen LogP contribution in [0.3, 0.4) is 0 Å². The molecule has 1 saturated heterocycles. The molecule has 1 fully saturated rings. The van der Waals surface area contributed by atoms with Gasteiger partial charge in [0.1, 0.15) is 5.82 Å². The first-order chi connectivity index (χ1) is 11.7. The van der Waals surface area contributed by atoms with Crippen LogP contribution >= 0.6 is 0 Å².